The van der Waals surface area contributed by atoms with E-state index in [1.165, 1.54) is 6.07 Å². The van der Waals surface area contributed by atoms with Crippen LogP contribution >= 0.6 is 11.6 Å². The van der Waals surface area contributed by atoms with Gasteiger partial charge < -0.3 is 14.7 Å². The van der Waals surface area contributed by atoms with Crippen LogP contribution in [0, 0.1) is 5.82 Å². The topological polar surface area (TPSA) is 54.3 Å². The summed E-state index contributed by atoms with van der Waals surface area (Å²) in [7, 11) is 0. The molecule has 1 aliphatic rings. The van der Waals surface area contributed by atoms with Crippen molar-refractivity contribution in [1.82, 2.24) is 4.90 Å². The van der Waals surface area contributed by atoms with E-state index in [9.17, 15) is 9.50 Å². The molecular formula is C23H26ClFN2O3. The van der Waals surface area contributed by atoms with Crippen LogP contribution in [-0.2, 0) is 16.1 Å². The van der Waals surface area contributed by atoms with E-state index in [1.54, 1.807) is 24.3 Å². The molecule has 160 valence electrons. The molecule has 1 N–H and O–H groups in total. The Morgan fingerprint density at radius 1 is 1.33 bits per heavy atom. The highest BCUT2D eigenvalue weighted by atomic mass is 35.5. The summed E-state index contributed by atoms with van der Waals surface area (Å²) in [5.41, 5.74) is 2.07. The Hall–Kier alpha value is -2.25. The Morgan fingerprint density at radius 2 is 2.17 bits per heavy atom. The monoisotopic (exact) mass is 432 g/mol. The number of oxime groups is 1. The first-order chi connectivity index (χ1) is 14.5. The predicted molar refractivity (Wildman–Crippen MR) is 116 cm³/mol. The molecule has 7 heteroatoms. The number of aliphatic hydroxyl groups excluding tert-OH is 1. The molecule has 2 aromatic carbocycles. The molecule has 5 nitrogen and oxygen atoms in total. The van der Waals surface area contributed by atoms with Crippen LogP contribution in [0.4, 0.5) is 4.39 Å². The summed E-state index contributed by atoms with van der Waals surface area (Å²) in [5.74, 6) is -0.314. The zero-order chi connectivity index (χ0) is 21.3. The summed E-state index contributed by atoms with van der Waals surface area (Å²) in [5, 5.41) is 15.1. The molecule has 0 saturated carbocycles. The molecule has 0 amide bonds. The fourth-order valence-corrected chi connectivity index (χ4v) is 3.62. The average molecular weight is 433 g/mol. The molecule has 2 atom stereocenters. The highest BCUT2D eigenvalue weighted by Crippen LogP contribution is 2.21. The smallest absolute Gasteiger partial charge is 0.145 e. The number of nitrogens with zero attached hydrogens (tertiary/aromatic N) is 2. The standard InChI is InChI=1S/C23H26ClFN2O3/c1-2-10-29-16-19(28)14-27(13-17-6-5-7-18(24)11-17)15-20-12-23(26-30-20)21-8-3-4-9-22(21)25/h2-9,11,19-20,28H,1,10,12-16H2/t19-,20-/m1/s1. The molecule has 0 fully saturated rings. The molecule has 2 aromatic rings. The zero-order valence-corrected chi connectivity index (χ0v) is 17.5. The van der Waals surface area contributed by atoms with Crippen LogP contribution in [0.5, 0.6) is 0 Å². The molecule has 30 heavy (non-hydrogen) atoms. The van der Waals surface area contributed by atoms with E-state index in [0.717, 1.165) is 5.56 Å². The van der Waals surface area contributed by atoms with Crippen molar-refractivity contribution in [2.75, 3.05) is 26.3 Å². The molecule has 0 aromatic heterocycles. The third-order valence-corrected chi connectivity index (χ3v) is 4.92. The molecule has 1 aliphatic heterocycles. The van der Waals surface area contributed by atoms with Gasteiger partial charge >= 0.3 is 0 Å². The number of ether oxygens (including phenoxy) is 1. The van der Waals surface area contributed by atoms with E-state index in [1.807, 2.05) is 24.3 Å². The first-order valence-electron chi connectivity index (χ1n) is 9.86. The average Bonchev–Trinajstić information content (AvgIpc) is 3.16. The Morgan fingerprint density at radius 3 is 2.93 bits per heavy atom. The van der Waals surface area contributed by atoms with Gasteiger partial charge in [-0.15, -0.1) is 6.58 Å². The number of rotatable bonds is 11. The largest absolute Gasteiger partial charge is 0.390 e. The Bertz CT molecular complexity index is 877. The Balaban J connectivity index is 1.63. The fourth-order valence-electron chi connectivity index (χ4n) is 3.40. The summed E-state index contributed by atoms with van der Waals surface area (Å²) in [6.07, 6.45) is 1.23. The quantitative estimate of drug-likeness (QED) is 0.430. The van der Waals surface area contributed by atoms with Gasteiger partial charge in [0.25, 0.3) is 0 Å². The summed E-state index contributed by atoms with van der Waals surface area (Å²) >= 11 is 6.11. The zero-order valence-electron chi connectivity index (χ0n) is 16.7. The van der Waals surface area contributed by atoms with Crippen LogP contribution in [0.3, 0.4) is 0 Å². The van der Waals surface area contributed by atoms with E-state index in [0.29, 0.717) is 49.0 Å². The SMILES string of the molecule is C=CCOC[C@H](O)CN(Cc1cccc(Cl)c1)C[C@H]1CC(c2ccccc2F)=NO1. The third-order valence-electron chi connectivity index (χ3n) is 4.69. The van der Waals surface area contributed by atoms with Crippen LogP contribution < -0.4 is 0 Å². The maximum Gasteiger partial charge on any atom is 0.145 e. The molecule has 0 radical (unpaired) electrons. The van der Waals surface area contributed by atoms with Gasteiger partial charge in [0.15, 0.2) is 0 Å². The van der Waals surface area contributed by atoms with Crippen LogP contribution in [-0.4, -0.2) is 54.2 Å². The van der Waals surface area contributed by atoms with Gasteiger partial charge in [0.1, 0.15) is 11.9 Å². The Labute approximate surface area is 181 Å². The van der Waals surface area contributed by atoms with E-state index >= 15 is 0 Å². The number of halogens is 2. The van der Waals surface area contributed by atoms with Gasteiger partial charge in [-0.05, 0) is 23.8 Å². The van der Waals surface area contributed by atoms with Gasteiger partial charge in [0.05, 0.1) is 25.0 Å². The van der Waals surface area contributed by atoms with E-state index < -0.39 is 6.10 Å². The first kappa shape index (κ1) is 22.4. The van der Waals surface area contributed by atoms with Crippen LogP contribution in [0.2, 0.25) is 5.02 Å². The number of hydrogen-bond acceptors (Lipinski definition) is 5. The second kappa shape index (κ2) is 11.2. The normalized spacial score (nSPS) is 16.9. The maximum atomic E-state index is 14.1. The fraction of sp³-hybridized carbons (Fsp3) is 0.348. The van der Waals surface area contributed by atoms with Gasteiger partial charge in [-0.1, -0.05) is 53.2 Å². The van der Waals surface area contributed by atoms with Crippen molar-refractivity contribution in [3.05, 3.63) is 83.2 Å². The molecular weight excluding hydrogens is 407 g/mol. The number of hydrogen-bond donors (Lipinski definition) is 1. The van der Waals surface area contributed by atoms with E-state index in [4.69, 9.17) is 21.2 Å². The van der Waals surface area contributed by atoms with Crippen molar-refractivity contribution in [3.8, 4) is 0 Å². The van der Waals surface area contributed by atoms with Gasteiger partial charge in [-0.25, -0.2) is 4.39 Å². The number of aliphatic hydroxyl groups is 1. The lowest BCUT2D eigenvalue weighted by Gasteiger charge is -2.27. The molecule has 0 spiro atoms. The van der Waals surface area contributed by atoms with Crippen LogP contribution in [0.15, 0.2) is 66.3 Å². The second-order valence-electron chi connectivity index (χ2n) is 7.25. The molecule has 0 saturated heterocycles. The summed E-state index contributed by atoms with van der Waals surface area (Å²) in [4.78, 5) is 7.64. The summed E-state index contributed by atoms with van der Waals surface area (Å²) in [6.45, 7) is 5.68. The van der Waals surface area contributed by atoms with Crippen LogP contribution in [0.25, 0.3) is 0 Å². The Kier molecular flexibility index (Phi) is 8.39. The molecule has 0 bridgehead atoms. The van der Waals surface area contributed by atoms with Crippen molar-refractivity contribution >= 4 is 17.3 Å². The minimum atomic E-state index is -0.669. The molecule has 0 aliphatic carbocycles. The van der Waals surface area contributed by atoms with Crippen molar-refractivity contribution in [1.29, 1.82) is 0 Å². The first-order valence-corrected chi connectivity index (χ1v) is 10.2. The van der Waals surface area contributed by atoms with Crippen molar-refractivity contribution in [3.63, 3.8) is 0 Å². The van der Waals surface area contributed by atoms with Crippen molar-refractivity contribution in [2.45, 2.75) is 25.2 Å². The van der Waals surface area contributed by atoms with E-state index in [2.05, 4.69) is 16.6 Å². The minimum Gasteiger partial charge on any atom is -0.390 e. The van der Waals surface area contributed by atoms with Crippen LogP contribution in [0.1, 0.15) is 17.5 Å². The van der Waals surface area contributed by atoms with Crippen molar-refractivity contribution in [2.24, 2.45) is 5.16 Å². The molecule has 0 unspecified atom stereocenters. The lowest BCUT2D eigenvalue weighted by molar-refractivity contribution is 0.00336. The molecule has 1 heterocycles. The third kappa shape index (κ3) is 6.64. The lowest BCUT2D eigenvalue weighted by Crippen LogP contribution is -2.39. The summed E-state index contributed by atoms with van der Waals surface area (Å²) < 4.78 is 19.4. The lowest BCUT2D eigenvalue weighted by atomic mass is 10.0. The van der Waals surface area contributed by atoms with E-state index in [-0.39, 0.29) is 18.5 Å². The number of benzene rings is 2. The highest BCUT2D eigenvalue weighted by molar-refractivity contribution is 6.30. The van der Waals surface area contributed by atoms with Gasteiger partial charge in [-0.3, -0.25) is 4.90 Å². The van der Waals surface area contributed by atoms with Gasteiger partial charge in [0.2, 0.25) is 0 Å². The molecule has 3 rings (SSSR count). The van der Waals surface area contributed by atoms with Crippen molar-refractivity contribution < 1.29 is 19.1 Å². The van der Waals surface area contributed by atoms with Gasteiger partial charge in [0, 0.05) is 36.6 Å². The minimum absolute atomic E-state index is 0.209. The summed E-state index contributed by atoms with van der Waals surface area (Å²) in [6, 6.07) is 14.1. The van der Waals surface area contributed by atoms with Gasteiger partial charge in [-0.2, -0.15) is 0 Å². The maximum absolute atomic E-state index is 14.1. The predicted octanol–water partition coefficient (Wildman–Crippen LogP) is 4.04. The second-order valence-corrected chi connectivity index (χ2v) is 7.69. The highest BCUT2D eigenvalue weighted by Gasteiger charge is 2.27.